The Morgan fingerprint density at radius 1 is 0.930 bits per heavy atom. The van der Waals surface area contributed by atoms with Gasteiger partial charge in [0, 0.05) is 45.0 Å². The number of rotatable bonds is 12. The predicted octanol–water partition coefficient (Wildman–Crippen LogP) is 4.76. The lowest BCUT2D eigenvalue weighted by Crippen LogP contribution is -2.47. The number of nitrogens with zero attached hydrogens (tertiary/aromatic N) is 4. The van der Waals surface area contributed by atoms with Crippen molar-refractivity contribution in [3.05, 3.63) is 90.2 Å². The summed E-state index contributed by atoms with van der Waals surface area (Å²) in [5.74, 6) is -0.248. The average Bonchev–Trinajstić information content (AvgIpc) is 3.24. The summed E-state index contributed by atoms with van der Waals surface area (Å²) in [5, 5.41) is 3.22. The monoisotopic (exact) mass is 603 g/mol. The van der Waals surface area contributed by atoms with Gasteiger partial charge in [0.25, 0.3) is 5.91 Å². The number of anilines is 2. The zero-order valence-corrected chi connectivity index (χ0v) is 25.3. The van der Waals surface area contributed by atoms with Gasteiger partial charge in [-0.1, -0.05) is 30.3 Å². The largest absolute Gasteiger partial charge is 0.494 e. The van der Waals surface area contributed by atoms with E-state index in [9.17, 15) is 14.0 Å². The molecule has 3 aromatic carbocycles. The van der Waals surface area contributed by atoms with E-state index < -0.39 is 11.9 Å². The number of benzene rings is 3. The van der Waals surface area contributed by atoms with Gasteiger partial charge in [0.15, 0.2) is 5.11 Å². The van der Waals surface area contributed by atoms with Crippen molar-refractivity contribution in [2.45, 2.75) is 32.4 Å². The molecule has 0 aliphatic carbocycles. The molecule has 2 saturated heterocycles. The minimum Gasteiger partial charge on any atom is -0.494 e. The van der Waals surface area contributed by atoms with Crippen molar-refractivity contribution in [1.29, 1.82) is 0 Å². The number of thiocarbonyl (C=S) groups is 1. The van der Waals surface area contributed by atoms with Crippen molar-refractivity contribution in [2.75, 3.05) is 56.1 Å². The van der Waals surface area contributed by atoms with Gasteiger partial charge in [0.2, 0.25) is 5.91 Å². The maximum Gasteiger partial charge on any atom is 0.256 e. The summed E-state index contributed by atoms with van der Waals surface area (Å²) in [6.07, 6.45) is 0.739. The fourth-order valence-electron chi connectivity index (χ4n) is 5.58. The van der Waals surface area contributed by atoms with Gasteiger partial charge < -0.3 is 19.9 Å². The van der Waals surface area contributed by atoms with Gasteiger partial charge in [-0.05, 0) is 86.2 Å². The number of carbonyl (C=O) groups is 2. The van der Waals surface area contributed by atoms with Crippen LogP contribution in [0, 0.1) is 5.82 Å². The number of hydrogen-bond donors (Lipinski definition) is 1. The van der Waals surface area contributed by atoms with E-state index in [0.717, 1.165) is 51.4 Å². The summed E-state index contributed by atoms with van der Waals surface area (Å²) in [6.45, 7) is 8.79. The Morgan fingerprint density at radius 3 is 2.28 bits per heavy atom. The molecule has 226 valence electrons. The molecule has 1 N–H and O–H groups in total. The first-order valence-electron chi connectivity index (χ1n) is 14.8. The zero-order valence-electron chi connectivity index (χ0n) is 24.5. The molecule has 1 atom stereocenters. The molecular weight excluding hydrogens is 565 g/mol. The van der Waals surface area contributed by atoms with Crippen molar-refractivity contribution in [3.8, 4) is 5.75 Å². The number of halogens is 1. The molecule has 8 nitrogen and oxygen atoms in total. The molecule has 0 bridgehead atoms. The molecule has 0 saturated carbocycles. The van der Waals surface area contributed by atoms with Crippen LogP contribution in [0.4, 0.5) is 15.8 Å². The summed E-state index contributed by atoms with van der Waals surface area (Å²) in [7, 11) is 0. The second kappa shape index (κ2) is 14.5. The third-order valence-corrected chi connectivity index (χ3v) is 8.24. The van der Waals surface area contributed by atoms with Crippen LogP contribution in [0.25, 0.3) is 0 Å². The average molecular weight is 604 g/mol. The van der Waals surface area contributed by atoms with Crippen LogP contribution in [0.5, 0.6) is 5.75 Å². The Morgan fingerprint density at radius 2 is 1.60 bits per heavy atom. The quantitative estimate of drug-likeness (QED) is 0.300. The fraction of sp³-hybridized carbons (Fsp3) is 0.364. The number of piperazine rings is 1. The molecule has 2 heterocycles. The number of ether oxygens (including phenoxy) is 1. The second-order valence-corrected chi connectivity index (χ2v) is 11.2. The Balaban J connectivity index is 1.19. The second-order valence-electron chi connectivity index (χ2n) is 10.8. The number of carbonyl (C=O) groups excluding carboxylic acids is 2. The van der Waals surface area contributed by atoms with Gasteiger partial charge in [0.1, 0.15) is 17.6 Å². The molecule has 2 fully saturated rings. The smallest absolute Gasteiger partial charge is 0.256 e. The topological polar surface area (TPSA) is 68.4 Å². The van der Waals surface area contributed by atoms with Crippen LogP contribution in [0.2, 0.25) is 0 Å². The summed E-state index contributed by atoms with van der Waals surface area (Å²) in [6, 6.07) is 22.6. The number of nitrogens with one attached hydrogen (secondary N) is 1. The highest BCUT2D eigenvalue weighted by molar-refractivity contribution is 7.80. The van der Waals surface area contributed by atoms with Gasteiger partial charge in [-0.2, -0.15) is 0 Å². The lowest BCUT2D eigenvalue weighted by Gasteiger charge is -2.35. The molecule has 0 radical (unpaired) electrons. The Bertz CT molecular complexity index is 1380. The van der Waals surface area contributed by atoms with Gasteiger partial charge in [0.05, 0.1) is 18.7 Å². The standard InChI is InChI=1S/C33H38FN5O3S/c1-2-42-29-15-11-27(12-16-29)35-31(40)23-30-32(41)39(28-13-9-26(34)10-14-28)33(43)38(30)18-6-17-36-19-21-37(22-20-36)24-25-7-4-3-5-8-25/h3-5,7-16,30H,2,6,17-24H2,1H3,(H,35,40)/t30-/m1/s1. The normalized spacial score (nSPS) is 17.9. The number of amides is 2. The van der Waals surface area contributed by atoms with Gasteiger partial charge in [-0.15, -0.1) is 0 Å². The highest BCUT2D eigenvalue weighted by atomic mass is 32.1. The van der Waals surface area contributed by atoms with Crippen molar-refractivity contribution < 1.29 is 18.7 Å². The van der Waals surface area contributed by atoms with Gasteiger partial charge >= 0.3 is 0 Å². The van der Waals surface area contributed by atoms with Crippen LogP contribution in [0.1, 0.15) is 25.3 Å². The van der Waals surface area contributed by atoms with Crippen molar-refractivity contribution in [3.63, 3.8) is 0 Å². The summed E-state index contributed by atoms with van der Waals surface area (Å²) in [4.78, 5) is 34.9. The van der Waals surface area contributed by atoms with Gasteiger partial charge in [-0.3, -0.25) is 19.4 Å². The van der Waals surface area contributed by atoms with Crippen molar-refractivity contribution in [2.24, 2.45) is 0 Å². The molecule has 0 spiro atoms. The van der Waals surface area contributed by atoms with E-state index in [1.54, 1.807) is 24.3 Å². The van der Waals surface area contributed by atoms with E-state index in [1.165, 1.54) is 34.7 Å². The summed E-state index contributed by atoms with van der Waals surface area (Å²) in [5.41, 5.74) is 2.44. The minimum atomic E-state index is -0.747. The van der Waals surface area contributed by atoms with E-state index in [1.807, 2.05) is 17.9 Å². The first kappa shape index (κ1) is 30.6. The third-order valence-electron chi connectivity index (χ3n) is 7.82. The van der Waals surface area contributed by atoms with Crippen LogP contribution >= 0.6 is 12.2 Å². The lowest BCUT2D eigenvalue weighted by atomic mass is 10.1. The van der Waals surface area contributed by atoms with Gasteiger partial charge in [-0.25, -0.2) is 4.39 Å². The van der Waals surface area contributed by atoms with Crippen molar-refractivity contribution >= 4 is 40.5 Å². The van der Waals surface area contributed by atoms with Crippen LogP contribution in [-0.2, 0) is 16.1 Å². The Kier molecular flexibility index (Phi) is 10.3. The highest BCUT2D eigenvalue weighted by Crippen LogP contribution is 2.28. The molecule has 5 rings (SSSR count). The summed E-state index contributed by atoms with van der Waals surface area (Å²) < 4.78 is 19.1. The maximum atomic E-state index is 13.7. The molecule has 10 heteroatoms. The first-order chi connectivity index (χ1) is 20.9. The minimum absolute atomic E-state index is 0.0535. The van der Waals surface area contributed by atoms with E-state index in [-0.39, 0.29) is 18.2 Å². The zero-order chi connectivity index (χ0) is 30.2. The van der Waals surface area contributed by atoms with Crippen LogP contribution < -0.4 is 15.0 Å². The van der Waals surface area contributed by atoms with E-state index in [2.05, 4.69) is 39.4 Å². The first-order valence-corrected chi connectivity index (χ1v) is 15.2. The van der Waals surface area contributed by atoms with E-state index in [4.69, 9.17) is 17.0 Å². The molecule has 2 amide bonds. The molecule has 0 aromatic heterocycles. The van der Waals surface area contributed by atoms with Crippen LogP contribution in [0.3, 0.4) is 0 Å². The Hall–Kier alpha value is -3.86. The summed E-state index contributed by atoms with van der Waals surface area (Å²) >= 11 is 5.77. The van der Waals surface area contributed by atoms with Crippen LogP contribution in [-0.4, -0.2) is 83.5 Å². The Labute approximate surface area is 258 Å². The predicted molar refractivity (Wildman–Crippen MR) is 171 cm³/mol. The highest BCUT2D eigenvalue weighted by Gasteiger charge is 2.44. The molecular formula is C33H38FN5O3S. The van der Waals surface area contributed by atoms with E-state index in [0.29, 0.717) is 29.6 Å². The SMILES string of the molecule is CCOc1ccc(NC(=O)C[C@@H]2C(=O)N(c3ccc(F)cc3)C(=S)N2CCCN2CCN(Cc3ccccc3)CC2)cc1. The maximum absolute atomic E-state index is 13.7. The fourth-order valence-corrected chi connectivity index (χ4v) is 6.00. The lowest BCUT2D eigenvalue weighted by molar-refractivity contribution is -0.124. The van der Waals surface area contributed by atoms with Crippen LogP contribution in [0.15, 0.2) is 78.9 Å². The molecule has 2 aliphatic rings. The van der Waals surface area contributed by atoms with Crippen molar-refractivity contribution in [1.82, 2.24) is 14.7 Å². The molecule has 2 aliphatic heterocycles. The number of hydrogen-bond acceptors (Lipinski definition) is 6. The third kappa shape index (κ3) is 7.95. The molecule has 3 aromatic rings. The molecule has 0 unspecified atom stereocenters. The molecule has 43 heavy (non-hydrogen) atoms. The van der Waals surface area contributed by atoms with E-state index >= 15 is 0 Å².